The molecule has 0 saturated carbocycles. The van der Waals surface area contributed by atoms with Gasteiger partial charge in [-0.05, 0) is 24.3 Å². The van der Waals surface area contributed by atoms with E-state index in [-0.39, 0.29) is 0 Å². The molecule has 0 atom stereocenters. The Balaban J connectivity index is 2.14. The first-order valence-corrected chi connectivity index (χ1v) is 8.35. The zero-order valence-corrected chi connectivity index (χ0v) is 14.1. The second kappa shape index (κ2) is 11.8. The Hall–Kier alpha value is -1.82. The summed E-state index contributed by atoms with van der Waals surface area (Å²) in [7, 11) is 3.41. The summed E-state index contributed by atoms with van der Waals surface area (Å²) in [5.41, 5.74) is 0. The standard InChI is InChI=1S/C16H25N3O2S/c1-4-12-22-13-10-19-16(17-2)18-9-11-21-15-7-5-14(20-3)6-8-15/h4-8H,1,9-13H2,2-3H3,(H2,17,18,19). The molecule has 0 aliphatic carbocycles. The molecular weight excluding hydrogens is 298 g/mol. The molecule has 0 aliphatic heterocycles. The van der Waals surface area contributed by atoms with Crippen molar-refractivity contribution >= 4 is 17.7 Å². The Labute approximate surface area is 137 Å². The van der Waals surface area contributed by atoms with Gasteiger partial charge in [0.05, 0.1) is 13.7 Å². The van der Waals surface area contributed by atoms with Crippen molar-refractivity contribution in [3.8, 4) is 11.5 Å². The molecule has 0 fully saturated rings. The predicted octanol–water partition coefficient (Wildman–Crippen LogP) is 2.16. The Morgan fingerprint density at radius 2 is 1.91 bits per heavy atom. The van der Waals surface area contributed by atoms with Gasteiger partial charge in [0, 0.05) is 25.1 Å². The van der Waals surface area contributed by atoms with Crippen molar-refractivity contribution in [2.45, 2.75) is 0 Å². The van der Waals surface area contributed by atoms with E-state index in [4.69, 9.17) is 9.47 Å². The fourth-order valence-corrected chi connectivity index (χ4v) is 2.22. The van der Waals surface area contributed by atoms with Crippen LogP contribution >= 0.6 is 11.8 Å². The third-order valence-corrected chi connectivity index (χ3v) is 3.69. The van der Waals surface area contributed by atoms with Gasteiger partial charge >= 0.3 is 0 Å². The van der Waals surface area contributed by atoms with E-state index in [1.807, 2.05) is 42.1 Å². The van der Waals surface area contributed by atoms with E-state index < -0.39 is 0 Å². The number of nitrogens with zero attached hydrogens (tertiary/aromatic N) is 1. The Bertz CT molecular complexity index is 449. The lowest BCUT2D eigenvalue weighted by atomic mass is 10.3. The lowest BCUT2D eigenvalue weighted by Crippen LogP contribution is -2.40. The third kappa shape index (κ3) is 7.83. The molecule has 0 aromatic heterocycles. The highest BCUT2D eigenvalue weighted by molar-refractivity contribution is 7.99. The minimum Gasteiger partial charge on any atom is -0.497 e. The van der Waals surface area contributed by atoms with Crippen LogP contribution in [0.5, 0.6) is 11.5 Å². The molecule has 0 radical (unpaired) electrons. The molecule has 1 aromatic rings. The first-order chi connectivity index (χ1) is 10.8. The largest absolute Gasteiger partial charge is 0.497 e. The molecule has 1 rings (SSSR count). The van der Waals surface area contributed by atoms with E-state index >= 15 is 0 Å². The van der Waals surface area contributed by atoms with Crippen molar-refractivity contribution in [2.24, 2.45) is 4.99 Å². The molecule has 0 saturated heterocycles. The zero-order valence-electron chi connectivity index (χ0n) is 13.3. The highest BCUT2D eigenvalue weighted by Crippen LogP contribution is 2.16. The topological polar surface area (TPSA) is 54.9 Å². The highest BCUT2D eigenvalue weighted by atomic mass is 32.2. The minimum atomic E-state index is 0.568. The number of methoxy groups -OCH3 is 1. The van der Waals surface area contributed by atoms with Crippen LogP contribution in [0.4, 0.5) is 0 Å². The molecule has 22 heavy (non-hydrogen) atoms. The summed E-state index contributed by atoms with van der Waals surface area (Å²) in [6.07, 6.45) is 1.91. The lowest BCUT2D eigenvalue weighted by Gasteiger charge is -2.12. The average Bonchev–Trinajstić information content (AvgIpc) is 2.57. The molecule has 0 heterocycles. The van der Waals surface area contributed by atoms with Crippen LogP contribution in [-0.2, 0) is 0 Å². The molecular formula is C16H25N3O2S. The molecule has 0 spiro atoms. The van der Waals surface area contributed by atoms with Gasteiger partial charge in [0.2, 0.25) is 0 Å². The molecule has 6 heteroatoms. The number of thioether (sulfide) groups is 1. The third-order valence-electron chi connectivity index (χ3n) is 2.72. The smallest absolute Gasteiger partial charge is 0.191 e. The first kappa shape index (κ1) is 18.2. The van der Waals surface area contributed by atoms with Crippen LogP contribution < -0.4 is 20.1 Å². The fraction of sp³-hybridized carbons (Fsp3) is 0.438. The maximum atomic E-state index is 5.64. The summed E-state index contributed by atoms with van der Waals surface area (Å²) in [6.45, 7) is 5.82. The number of rotatable bonds is 10. The molecule has 0 amide bonds. The molecule has 0 bridgehead atoms. The van der Waals surface area contributed by atoms with E-state index in [9.17, 15) is 0 Å². The van der Waals surface area contributed by atoms with Crippen molar-refractivity contribution in [2.75, 3.05) is 45.4 Å². The molecule has 2 N–H and O–H groups in total. The lowest BCUT2D eigenvalue weighted by molar-refractivity contribution is 0.321. The van der Waals surface area contributed by atoms with Crippen molar-refractivity contribution in [3.05, 3.63) is 36.9 Å². The Morgan fingerprint density at radius 1 is 1.23 bits per heavy atom. The SMILES string of the molecule is C=CCSCCNC(=NC)NCCOc1ccc(OC)cc1. The van der Waals surface area contributed by atoms with E-state index in [0.29, 0.717) is 13.2 Å². The van der Waals surface area contributed by atoms with Crippen LogP contribution in [0, 0.1) is 0 Å². The maximum Gasteiger partial charge on any atom is 0.191 e. The molecule has 122 valence electrons. The number of nitrogens with one attached hydrogen (secondary N) is 2. The quantitative estimate of drug-likeness (QED) is 0.299. The average molecular weight is 323 g/mol. The number of ether oxygens (including phenoxy) is 2. The Kier molecular flexibility index (Phi) is 9.78. The summed E-state index contributed by atoms with van der Waals surface area (Å²) in [4.78, 5) is 4.17. The van der Waals surface area contributed by atoms with Crippen LogP contribution in [0.2, 0.25) is 0 Å². The van der Waals surface area contributed by atoms with Crippen LogP contribution in [0.1, 0.15) is 0 Å². The van der Waals surface area contributed by atoms with E-state index in [2.05, 4.69) is 22.2 Å². The number of hydrogen-bond acceptors (Lipinski definition) is 4. The predicted molar refractivity (Wildman–Crippen MR) is 95.4 cm³/mol. The van der Waals surface area contributed by atoms with Crippen LogP contribution in [-0.4, -0.2) is 51.3 Å². The van der Waals surface area contributed by atoms with Gasteiger partial charge < -0.3 is 20.1 Å². The summed E-state index contributed by atoms with van der Waals surface area (Å²) in [6, 6.07) is 7.54. The Morgan fingerprint density at radius 3 is 2.55 bits per heavy atom. The number of aliphatic imine (C=N–C) groups is 1. The monoisotopic (exact) mass is 323 g/mol. The van der Waals surface area contributed by atoms with Crippen molar-refractivity contribution < 1.29 is 9.47 Å². The van der Waals surface area contributed by atoms with Gasteiger partial charge in [-0.25, -0.2) is 0 Å². The summed E-state index contributed by atoms with van der Waals surface area (Å²) in [5, 5.41) is 6.47. The number of hydrogen-bond donors (Lipinski definition) is 2. The van der Waals surface area contributed by atoms with E-state index in [1.165, 1.54) is 0 Å². The van der Waals surface area contributed by atoms with Gasteiger partial charge in [-0.2, -0.15) is 11.8 Å². The highest BCUT2D eigenvalue weighted by Gasteiger charge is 1.98. The van der Waals surface area contributed by atoms with Crippen LogP contribution in [0.15, 0.2) is 41.9 Å². The van der Waals surface area contributed by atoms with Gasteiger partial charge in [0.15, 0.2) is 5.96 Å². The van der Waals surface area contributed by atoms with Crippen molar-refractivity contribution in [1.29, 1.82) is 0 Å². The van der Waals surface area contributed by atoms with Crippen molar-refractivity contribution in [3.63, 3.8) is 0 Å². The van der Waals surface area contributed by atoms with Gasteiger partial charge in [-0.1, -0.05) is 6.08 Å². The molecule has 0 unspecified atom stereocenters. The van der Waals surface area contributed by atoms with Gasteiger partial charge in [0.1, 0.15) is 18.1 Å². The van der Waals surface area contributed by atoms with E-state index in [1.54, 1.807) is 14.2 Å². The minimum absolute atomic E-state index is 0.568. The number of benzene rings is 1. The van der Waals surface area contributed by atoms with Crippen LogP contribution in [0.25, 0.3) is 0 Å². The van der Waals surface area contributed by atoms with Gasteiger partial charge in [-0.3, -0.25) is 4.99 Å². The van der Waals surface area contributed by atoms with Gasteiger partial charge in [-0.15, -0.1) is 6.58 Å². The zero-order chi connectivity index (χ0) is 16.0. The summed E-state index contributed by atoms with van der Waals surface area (Å²) < 4.78 is 10.7. The molecule has 0 aliphatic rings. The van der Waals surface area contributed by atoms with E-state index in [0.717, 1.165) is 35.5 Å². The fourth-order valence-electron chi connectivity index (χ4n) is 1.64. The second-order valence-corrected chi connectivity index (χ2v) is 5.46. The van der Waals surface area contributed by atoms with Gasteiger partial charge in [0.25, 0.3) is 0 Å². The van der Waals surface area contributed by atoms with Crippen molar-refractivity contribution in [1.82, 2.24) is 10.6 Å². The summed E-state index contributed by atoms with van der Waals surface area (Å²) >= 11 is 1.84. The molecule has 1 aromatic carbocycles. The maximum absolute atomic E-state index is 5.64. The number of guanidine groups is 1. The molecule has 5 nitrogen and oxygen atoms in total. The van der Waals surface area contributed by atoms with Crippen LogP contribution in [0.3, 0.4) is 0 Å². The summed E-state index contributed by atoms with van der Waals surface area (Å²) in [5.74, 6) is 4.44. The first-order valence-electron chi connectivity index (χ1n) is 7.20. The second-order valence-electron chi connectivity index (χ2n) is 4.31. The normalized spacial score (nSPS) is 10.9.